The Morgan fingerprint density at radius 2 is 2.04 bits per heavy atom. The maximum Gasteiger partial charge on any atom is 0.265 e. The zero-order valence-electron chi connectivity index (χ0n) is 13.4. The second-order valence-electron chi connectivity index (χ2n) is 5.23. The van der Waals surface area contributed by atoms with E-state index in [4.69, 9.17) is 4.74 Å². The van der Waals surface area contributed by atoms with Crippen LogP contribution in [0.25, 0.3) is 0 Å². The molecule has 0 aliphatic carbocycles. The van der Waals surface area contributed by atoms with Crippen LogP contribution in [0.3, 0.4) is 0 Å². The van der Waals surface area contributed by atoms with Crippen molar-refractivity contribution in [2.75, 3.05) is 24.3 Å². The second kappa shape index (κ2) is 7.58. The number of para-hydroxylation sites is 1. The zero-order valence-corrected chi connectivity index (χ0v) is 13.4. The third-order valence-corrected chi connectivity index (χ3v) is 3.24. The van der Waals surface area contributed by atoms with Gasteiger partial charge in [0.1, 0.15) is 5.82 Å². The van der Waals surface area contributed by atoms with Crippen molar-refractivity contribution in [2.45, 2.75) is 19.4 Å². The number of carbonyl (C=O) groups excluding carboxylic acids is 1. The fourth-order valence-corrected chi connectivity index (χ4v) is 1.96. The molecule has 1 aromatic heterocycles. The van der Waals surface area contributed by atoms with Gasteiger partial charge in [0.25, 0.3) is 5.91 Å². The van der Waals surface area contributed by atoms with E-state index < -0.39 is 11.9 Å². The largest absolute Gasteiger partial charge is 0.478 e. The molecule has 1 heterocycles. The molecule has 1 amide bonds. The standard InChI is InChI=1S/C17H20FN3O2/c1-4-14(23-15-8-6-5-7-13(15)18)17(22)20-12-9-10-16(19-11-12)21(2)3/h5-11,14H,4H2,1-3H3,(H,20,22). The lowest BCUT2D eigenvalue weighted by molar-refractivity contribution is -0.122. The summed E-state index contributed by atoms with van der Waals surface area (Å²) in [5, 5.41) is 2.73. The first kappa shape index (κ1) is 16.7. The van der Waals surface area contributed by atoms with Crippen LogP contribution in [-0.2, 0) is 4.79 Å². The summed E-state index contributed by atoms with van der Waals surface area (Å²) in [6, 6.07) is 9.58. The van der Waals surface area contributed by atoms with Gasteiger partial charge in [-0.1, -0.05) is 19.1 Å². The Bertz CT molecular complexity index is 659. The van der Waals surface area contributed by atoms with E-state index >= 15 is 0 Å². The van der Waals surface area contributed by atoms with Crippen LogP contribution in [0, 0.1) is 5.82 Å². The number of benzene rings is 1. The molecular weight excluding hydrogens is 297 g/mol. The van der Waals surface area contributed by atoms with Gasteiger partial charge in [-0.2, -0.15) is 0 Å². The van der Waals surface area contributed by atoms with Crippen LogP contribution >= 0.6 is 0 Å². The van der Waals surface area contributed by atoms with Gasteiger partial charge in [0, 0.05) is 14.1 Å². The number of amides is 1. The highest BCUT2D eigenvalue weighted by atomic mass is 19.1. The second-order valence-corrected chi connectivity index (χ2v) is 5.23. The van der Waals surface area contributed by atoms with E-state index in [0.717, 1.165) is 5.82 Å². The smallest absolute Gasteiger partial charge is 0.265 e. The summed E-state index contributed by atoms with van der Waals surface area (Å²) < 4.78 is 19.1. The summed E-state index contributed by atoms with van der Waals surface area (Å²) in [7, 11) is 3.77. The van der Waals surface area contributed by atoms with E-state index in [1.54, 1.807) is 37.4 Å². The Labute approximate surface area is 135 Å². The highest BCUT2D eigenvalue weighted by Crippen LogP contribution is 2.19. The van der Waals surface area contributed by atoms with Crippen LogP contribution in [0.2, 0.25) is 0 Å². The number of pyridine rings is 1. The molecule has 0 aliphatic rings. The van der Waals surface area contributed by atoms with Gasteiger partial charge in [0.05, 0.1) is 11.9 Å². The topological polar surface area (TPSA) is 54.5 Å². The van der Waals surface area contributed by atoms with Gasteiger partial charge in [-0.15, -0.1) is 0 Å². The van der Waals surface area contributed by atoms with Crippen molar-refractivity contribution in [3.63, 3.8) is 0 Å². The number of ether oxygens (including phenoxy) is 1. The molecule has 0 aliphatic heterocycles. The number of hydrogen-bond acceptors (Lipinski definition) is 4. The molecule has 6 heteroatoms. The van der Waals surface area contributed by atoms with Crippen molar-refractivity contribution in [2.24, 2.45) is 0 Å². The minimum atomic E-state index is -0.777. The molecular formula is C17H20FN3O2. The first-order valence-corrected chi connectivity index (χ1v) is 7.36. The summed E-state index contributed by atoms with van der Waals surface area (Å²) >= 11 is 0. The molecule has 2 aromatic rings. The van der Waals surface area contributed by atoms with Crippen molar-refractivity contribution in [1.82, 2.24) is 4.98 Å². The fraction of sp³-hybridized carbons (Fsp3) is 0.294. The number of nitrogens with one attached hydrogen (secondary N) is 1. The van der Waals surface area contributed by atoms with Crippen LogP contribution in [0.1, 0.15) is 13.3 Å². The van der Waals surface area contributed by atoms with Gasteiger partial charge >= 0.3 is 0 Å². The highest BCUT2D eigenvalue weighted by Gasteiger charge is 2.20. The van der Waals surface area contributed by atoms with Gasteiger partial charge in [-0.3, -0.25) is 4.79 Å². The first-order valence-electron chi connectivity index (χ1n) is 7.36. The van der Waals surface area contributed by atoms with E-state index in [1.807, 2.05) is 19.0 Å². The first-order chi connectivity index (χ1) is 11.0. The number of aromatic nitrogens is 1. The lowest BCUT2D eigenvalue weighted by Gasteiger charge is -2.18. The molecule has 0 fully saturated rings. The minimum Gasteiger partial charge on any atom is -0.478 e. The van der Waals surface area contributed by atoms with Gasteiger partial charge in [-0.05, 0) is 30.7 Å². The maximum atomic E-state index is 13.6. The van der Waals surface area contributed by atoms with E-state index in [0.29, 0.717) is 12.1 Å². The van der Waals surface area contributed by atoms with Gasteiger partial charge in [0.15, 0.2) is 17.7 Å². The highest BCUT2D eigenvalue weighted by molar-refractivity contribution is 5.94. The molecule has 0 bridgehead atoms. The Morgan fingerprint density at radius 1 is 1.30 bits per heavy atom. The SMILES string of the molecule is CCC(Oc1ccccc1F)C(=O)Nc1ccc(N(C)C)nc1. The maximum absolute atomic E-state index is 13.6. The summed E-state index contributed by atoms with van der Waals surface area (Å²) in [4.78, 5) is 18.4. The molecule has 5 nitrogen and oxygen atoms in total. The Morgan fingerprint density at radius 3 is 2.61 bits per heavy atom. The predicted octanol–water partition coefficient (Wildman–Crippen LogP) is 3.08. The summed E-state index contributed by atoms with van der Waals surface area (Å²) in [5.41, 5.74) is 0.566. The number of anilines is 2. The fourth-order valence-electron chi connectivity index (χ4n) is 1.96. The van der Waals surface area contributed by atoms with Gasteiger partial charge in [0.2, 0.25) is 0 Å². The van der Waals surface area contributed by atoms with E-state index in [9.17, 15) is 9.18 Å². The molecule has 0 spiro atoms. The van der Waals surface area contributed by atoms with Crippen molar-refractivity contribution >= 4 is 17.4 Å². The quantitative estimate of drug-likeness (QED) is 0.889. The molecule has 1 aromatic carbocycles. The third-order valence-electron chi connectivity index (χ3n) is 3.24. The lowest BCUT2D eigenvalue weighted by Crippen LogP contribution is -2.32. The van der Waals surface area contributed by atoms with Crippen molar-refractivity contribution < 1.29 is 13.9 Å². The monoisotopic (exact) mass is 317 g/mol. The molecule has 1 atom stereocenters. The average Bonchev–Trinajstić information content (AvgIpc) is 2.54. The predicted molar refractivity (Wildman–Crippen MR) is 88.3 cm³/mol. The Kier molecular flexibility index (Phi) is 5.51. The third kappa shape index (κ3) is 4.42. The molecule has 2 rings (SSSR count). The molecule has 122 valence electrons. The lowest BCUT2D eigenvalue weighted by atomic mass is 10.2. The summed E-state index contributed by atoms with van der Waals surface area (Å²) in [5.74, 6) is 0.0270. The van der Waals surface area contributed by atoms with Crippen molar-refractivity contribution in [1.29, 1.82) is 0 Å². The molecule has 1 N–H and O–H groups in total. The zero-order chi connectivity index (χ0) is 16.8. The molecule has 0 radical (unpaired) electrons. The van der Waals surface area contributed by atoms with Crippen LogP contribution < -0.4 is 15.0 Å². The summed E-state index contributed by atoms with van der Waals surface area (Å²) in [6.07, 6.45) is 1.22. The Hall–Kier alpha value is -2.63. The number of nitrogens with zero attached hydrogens (tertiary/aromatic N) is 2. The van der Waals surface area contributed by atoms with Crippen LogP contribution in [0.15, 0.2) is 42.6 Å². The molecule has 0 saturated heterocycles. The van der Waals surface area contributed by atoms with E-state index in [1.165, 1.54) is 12.1 Å². The normalized spacial score (nSPS) is 11.7. The molecule has 1 unspecified atom stereocenters. The molecule has 23 heavy (non-hydrogen) atoms. The van der Waals surface area contributed by atoms with Crippen LogP contribution in [-0.4, -0.2) is 31.1 Å². The van der Waals surface area contributed by atoms with Crippen LogP contribution in [0.5, 0.6) is 5.75 Å². The Balaban J connectivity index is 2.04. The van der Waals surface area contributed by atoms with Gasteiger partial charge in [-0.25, -0.2) is 9.37 Å². The average molecular weight is 317 g/mol. The van der Waals surface area contributed by atoms with Crippen LogP contribution in [0.4, 0.5) is 15.9 Å². The minimum absolute atomic E-state index is 0.0654. The van der Waals surface area contributed by atoms with E-state index in [-0.39, 0.29) is 11.7 Å². The number of hydrogen-bond donors (Lipinski definition) is 1. The number of carbonyl (C=O) groups is 1. The molecule has 0 saturated carbocycles. The van der Waals surface area contributed by atoms with E-state index in [2.05, 4.69) is 10.3 Å². The van der Waals surface area contributed by atoms with Crippen molar-refractivity contribution in [3.05, 3.63) is 48.4 Å². The number of rotatable bonds is 6. The number of halogens is 1. The van der Waals surface area contributed by atoms with Crippen molar-refractivity contribution in [3.8, 4) is 5.75 Å². The summed E-state index contributed by atoms with van der Waals surface area (Å²) in [6.45, 7) is 1.80. The van der Waals surface area contributed by atoms with Gasteiger partial charge < -0.3 is 15.0 Å².